The summed E-state index contributed by atoms with van der Waals surface area (Å²) in [6.45, 7) is 8.44. The number of rotatable bonds is 3. The zero-order valence-corrected chi connectivity index (χ0v) is 8.89. The van der Waals surface area contributed by atoms with E-state index in [9.17, 15) is 9.90 Å². The molecule has 0 radical (unpaired) electrons. The van der Waals surface area contributed by atoms with Gasteiger partial charge in [-0.1, -0.05) is 30.9 Å². The van der Waals surface area contributed by atoms with Crippen molar-refractivity contribution in [2.75, 3.05) is 0 Å². The van der Waals surface area contributed by atoms with Gasteiger partial charge in [-0.25, -0.2) is 0 Å². The van der Waals surface area contributed by atoms with E-state index in [1.54, 1.807) is 13.0 Å². The maximum Gasteiger partial charge on any atom is 1.00 e. The van der Waals surface area contributed by atoms with Gasteiger partial charge in [-0.3, -0.25) is 0 Å². The van der Waals surface area contributed by atoms with Crippen molar-refractivity contribution in [2.24, 2.45) is 0 Å². The third-order valence-electron chi connectivity index (χ3n) is 0.986. The van der Waals surface area contributed by atoms with Gasteiger partial charge in [0.15, 0.2) is 0 Å². The van der Waals surface area contributed by atoms with E-state index in [0.717, 1.165) is 5.57 Å². The molecule has 0 N–H and O–H groups in total. The Morgan fingerprint density at radius 2 is 2.00 bits per heavy atom. The zero-order chi connectivity index (χ0) is 8.15. The number of allylic oxidation sites excluding steroid dienone is 2. The number of carboxylic acid groups (broad SMARTS) is 1. The van der Waals surface area contributed by atoms with Crippen LogP contribution in [0.4, 0.5) is 0 Å². The first kappa shape index (κ1) is 13.3. The number of hydrogen-bond acceptors (Lipinski definition) is 2. The summed E-state index contributed by atoms with van der Waals surface area (Å²) in [5.41, 5.74) is 0.728. The van der Waals surface area contributed by atoms with Gasteiger partial charge in [-0.15, -0.1) is 0 Å². The zero-order valence-electron chi connectivity index (χ0n) is 6.89. The number of hydrogen-bond donors (Lipinski definition) is 0. The summed E-state index contributed by atoms with van der Waals surface area (Å²) in [7, 11) is 0. The molecule has 0 unspecified atom stereocenters. The molecule has 0 saturated heterocycles. The third kappa shape index (κ3) is 6.10. The summed E-state index contributed by atoms with van der Waals surface area (Å²) in [4.78, 5) is 10.1. The minimum atomic E-state index is -1.25. The van der Waals surface area contributed by atoms with Crippen LogP contribution in [-0.4, -0.2) is 5.97 Å². The molecule has 3 heteroatoms. The predicted octanol–water partition coefficient (Wildman–Crippen LogP) is -2.57. The second-order valence-electron chi connectivity index (χ2n) is 1.91. The molecule has 0 amide bonds. The van der Waals surface area contributed by atoms with Gasteiger partial charge in [-0.2, -0.15) is 0 Å². The van der Waals surface area contributed by atoms with Crippen LogP contribution in [-0.2, 0) is 4.79 Å². The predicted molar refractivity (Wildman–Crippen MR) is 38.1 cm³/mol. The molecule has 0 aliphatic heterocycles. The summed E-state index contributed by atoms with van der Waals surface area (Å²) in [5, 5.41) is 10.1. The largest absolute Gasteiger partial charge is 1.00 e. The second-order valence-corrected chi connectivity index (χ2v) is 1.91. The molecule has 0 saturated carbocycles. The van der Waals surface area contributed by atoms with E-state index in [4.69, 9.17) is 0 Å². The fourth-order valence-electron chi connectivity index (χ4n) is 0.393. The smallest absolute Gasteiger partial charge is 0.545 e. The third-order valence-corrected chi connectivity index (χ3v) is 0.986. The summed E-state index contributed by atoms with van der Waals surface area (Å²) < 4.78 is 0. The van der Waals surface area contributed by atoms with Gasteiger partial charge in [0.25, 0.3) is 0 Å². The molecule has 0 fully saturated rings. The van der Waals surface area contributed by atoms with E-state index in [1.165, 1.54) is 6.08 Å². The Morgan fingerprint density at radius 3 is 2.27 bits per heavy atom. The Balaban J connectivity index is 0. The normalized spacial score (nSPS) is 9.73. The fourth-order valence-corrected chi connectivity index (χ4v) is 0.393. The topological polar surface area (TPSA) is 40.1 Å². The fraction of sp³-hybridized carbons (Fsp3) is 0.125. The molecular formula is C8H9NaO2. The Labute approximate surface area is 88.6 Å². The van der Waals surface area contributed by atoms with Gasteiger partial charge >= 0.3 is 29.6 Å². The Kier molecular flexibility index (Phi) is 7.74. The minimum absolute atomic E-state index is 0. The average Bonchev–Trinajstić information content (AvgIpc) is 1.87. The second kappa shape index (κ2) is 6.40. The van der Waals surface area contributed by atoms with E-state index >= 15 is 0 Å². The summed E-state index contributed by atoms with van der Waals surface area (Å²) in [6, 6.07) is 0. The molecule has 11 heavy (non-hydrogen) atoms. The molecule has 2 nitrogen and oxygen atoms in total. The van der Waals surface area contributed by atoms with E-state index in [-0.39, 0.29) is 35.1 Å². The molecule has 0 aromatic rings. The summed E-state index contributed by atoms with van der Waals surface area (Å²) >= 11 is 0. The Bertz CT molecular complexity index is 204. The maximum atomic E-state index is 10.1. The Hall–Kier alpha value is -0.310. The molecule has 0 heterocycles. The van der Waals surface area contributed by atoms with Crippen LogP contribution in [0.1, 0.15) is 6.92 Å². The molecule has 0 aliphatic carbocycles. The molecule has 0 rings (SSSR count). The number of carbonyl (C=O) groups excluding carboxylic acids is 1. The first-order valence-electron chi connectivity index (χ1n) is 2.79. The molecule has 0 aromatic carbocycles. The van der Waals surface area contributed by atoms with Crippen LogP contribution in [0.15, 0.2) is 36.5 Å². The summed E-state index contributed by atoms with van der Waals surface area (Å²) in [6.07, 6.45) is 2.95. The molecule has 0 spiro atoms. The van der Waals surface area contributed by atoms with E-state index in [1.807, 2.05) is 0 Å². The Morgan fingerprint density at radius 1 is 1.55 bits per heavy atom. The monoisotopic (exact) mass is 160 g/mol. The van der Waals surface area contributed by atoms with E-state index in [0.29, 0.717) is 0 Å². The standard InChI is InChI=1S/C8H10O2.Na/c1-4-6(2)5-7(3)8(9)10;/h4-5H,1,3H2,2H3,(H,9,10);/q;+1/p-1. The minimum Gasteiger partial charge on any atom is -0.545 e. The van der Waals surface area contributed by atoms with Gasteiger partial charge in [0, 0.05) is 0 Å². The molecular weight excluding hydrogens is 151 g/mol. The van der Waals surface area contributed by atoms with Gasteiger partial charge in [0.2, 0.25) is 0 Å². The van der Waals surface area contributed by atoms with Crippen molar-refractivity contribution in [1.29, 1.82) is 0 Å². The number of aliphatic carboxylic acids is 1. The number of carboxylic acids is 1. The van der Waals surface area contributed by atoms with Crippen LogP contribution in [0.2, 0.25) is 0 Å². The SMILES string of the molecule is C=CC(C)=CC(=C)C(=O)[O-].[Na+]. The van der Waals surface area contributed by atoms with Crippen molar-refractivity contribution in [2.45, 2.75) is 6.92 Å². The van der Waals surface area contributed by atoms with Crippen molar-refractivity contribution in [1.82, 2.24) is 0 Å². The van der Waals surface area contributed by atoms with Crippen LogP contribution in [0.3, 0.4) is 0 Å². The molecule has 0 atom stereocenters. The van der Waals surface area contributed by atoms with Gasteiger partial charge in [0.1, 0.15) is 0 Å². The summed E-state index contributed by atoms with van der Waals surface area (Å²) in [5.74, 6) is -1.25. The van der Waals surface area contributed by atoms with E-state index < -0.39 is 5.97 Å². The van der Waals surface area contributed by atoms with Crippen LogP contribution >= 0.6 is 0 Å². The first-order chi connectivity index (χ1) is 4.57. The molecule has 0 aromatic heterocycles. The molecule has 0 bridgehead atoms. The average molecular weight is 160 g/mol. The van der Waals surface area contributed by atoms with Crippen molar-refractivity contribution in [3.8, 4) is 0 Å². The van der Waals surface area contributed by atoms with Gasteiger partial charge in [0.05, 0.1) is 5.97 Å². The molecule has 54 valence electrons. The van der Waals surface area contributed by atoms with Crippen LogP contribution in [0.25, 0.3) is 0 Å². The van der Waals surface area contributed by atoms with E-state index in [2.05, 4.69) is 13.2 Å². The van der Waals surface area contributed by atoms with Gasteiger partial charge < -0.3 is 9.90 Å². The number of carbonyl (C=O) groups is 1. The van der Waals surface area contributed by atoms with Crippen molar-refractivity contribution >= 4 is 5.97 Å². The maximum absolute atomic E-state index is 10.1. The van der Waals surface area contributed by atoms with Crippen molar-refractivity contribution in [3.63, 3.8) is 0 Å². The van der Waals surface area contributed by atoms with Crippen molar-refractivity contribution < 1.29 is 39.5 Å². The van der Waals surface area contributed by atoms with Crippen molar-refractivity contribution in [3.05, 3.63) is 36.5 Å². The molecule has 0 aliphatic rings. The van der Waals surface area contributed by atoms with Crippen LogP contribution < -0.4 is 34.7 Å². The van der Waals surface area contributed by atoms with Crippen LogP contribution in [0.5, 0.6) is 0 Å². The quantitative estimate of drug-likeness (QED) is 0.258. The van der Waals surface area contributed by atoms with Gasteiger partial charge in [-0.05, 0) is 12.5 Å². The first-order valence-corrected chi connectivity index (χ1v) is 2.79. The van der Waals surface area contributed by atoms with Crippen LogP contribution in [0, 0.1) is 0 Å².